The monoisotopic (exact) mass is 377 g/mol. The Hall–Kier alpha value is -1.77. The van der Waals surface area contributed by atoms with Gasteiger partial charge < -0.3 is 4.84 Å². The number of carbonyl (C=O) groups is 4. The summed E-state index contributed by atoms with van der Waals surface area (Å²) >= 11 is 0. The summed E-state index contributed by atoms with van der Waals surface area (Å²) in [5.74, 6) is -4.19. The normalized spacial score (nSPS) is 26.0. The van der Waals surface area contributed by atoms with Crippen molar-refractivity contribution in [2.24, 2.45) is 0 Å². The second kappa shape index (κ2) is 8.55. The first-order valence-electron chi connectivity index (χ1n) is 8.21. The molecule has 10 nitrogen and oxygen atoms in total. The predicted molar refractivity (Wildman–Crippen MR) is 84.2 cm³/mol. The van der Waals surface area contributed by atoms with E-state index in [1.165, 1.54) is 13.8 Å². The largest absolute Gasteiger partial charge is 0.648 e. The lowest BCUT2D eigenvalue weighted by Crippen LogP contribution is -2.49. The van der Waals surface area contributed by atoms with Crippen molar-refractivity contribution in [1.29, 1.82) is 0 Å². The van der Waals surface area contributed by atoms with E-state index in [0.29, 0.717) is 12.8 Å². The van der Waals surface area contributed by atoms with E-state index >= 15 is 0 Å². The first-order chi connectivity index (χ1) is 11.9. The molecule has 1 saturated heterocycles. The third-order valence-corrected chi connectivity index (χ3v) is 5.73. The minimum atomic E-state index is -3.96. The van der Waals surface area contributed by atoms with E-state index in [2.05, 4.69) is 10.6 Å². The van der Waals surface area contributed by atoms with Crippen molar-refractivity contribution in [3.05, 3.63) is 0 Å². The van der Waals surface area contributed by atoms with Gasteiger partial charge in [0.15, 0.2) is 0 Å². The molecule has 1 unspecified atom stereocenters. The van der Waals surface area contributed by atoms with Gasteiger partial charge in [-0.15, -0.1) is 5.48 Å². The SMILES string of the molecule is CCC(=O)O[P+]1(OC(=O)CC)N[C@H]2CCCCC2NOC(=O)C(=O)O1. The van der Waals surface area contributed by atoms with Crippen LogP contribution in [0.2, 0.25) is 0 Å². The van der Waals surface area contributed by atoms with Gasteiger partial charge in [0.2, 0.25) is 0 Å². The van der Waals surface area contributed by atoms with Crippen LogP contribution in [0.5, 0.6) is 0 Å². The zero-order valence-corrected chi connectivity index (χ0v) is 15.0. The number of carbonyl (C=O) groups excluding carboxylic acids is 4. The predicted octanol–water partition coefficient (Wildman–Crippen LogP) is 1.08. The molecule has 0 aromatic rings. The van der Waals surface area contributed by atoms with Crippen LogP contribution in [0.1, 0.15) is 52.4 Å². The van der Waals surface area contributed by atoms with E-state index in [0.717, 1.165) is 12.8 Å². The Morgan fingerprint density at radius 2 is 1.60 bits per heavy atom. The average Bonchev–Trinajstić information content (AvgIpc) is 2.63. The molecule has 0 radical (unpaired) electrons. The van der Waals surface area contributed by atoms with Crippen LogP contribution >= 0.6 is 8.09 Å². The molecule has 2 fully saturated rings. The summed E-state index contributed by atoms with van der Waals surface area (Å²) in [5.41, 5.74) is 2.54. The summed E-state index contributed by atoms with van der Waals surface area (Å²) in [6.45, 7) is 3.08. The molecule has 11 heteroatoms. The quantitative estimate of drug-likeness (QED) is 0.542. The van der Waals surface area contributed by atoms with Gasteiger partial charge in [0, 0.05) is 12.8 Å². The van der Waals surface area contributed by atoms with Crippen molar-refractivity contribution in [3.8, 4) is 0 Å². The van der Waals surface area contributed by atoms with E-state index in [4.69, 9.17) is 18.4 Å². The highest BCUT2D eigenvalue weighted by Crippen LogP contribution is 2.60. The standard InChI is InChI=1S/C14H22N2O8P/c1-3-11(17)22-25(23-12(18)4-2)16-10-8-6-5-7-9(10)15-21-13(19)14(20)24-25/h9-10,15-16H,3-8H2,1-2H3/q+1/t9?,10-/m0/s1. The van der Waals surface area contributed by atoms with Gasteiger partial charge in [0.1, 0.15) is 0 Å². The summed E-state index contributed by atoms with van der Waals surface area (Å²) in [6.07, 6.45) is 2.98. The molecule has 0 bridgehead atoms. The fourth-order valence-corrected chi connectivity index (χ4v) is 4.55. The van der Waals surface area contributed by atoms with Crippen molar-refractivity contribution >= 4 is 32.0 Å². The van der Waals surface area contributed by atoms with Crippen LogP contribution in [-0.2, 0) is 37.6 Å². The van der Waals surface area contributed by atoms with Gasteiger partial charge in [-0.05, 0) is 12.8 Å². The molecule has 1 saturated carbocycles. The minimum absolute atomic E-state index is 0.0263. The fraction of sp³-hybridized carbons (Fsp3) is 0.714. The van der Waals surface area contributed by atoms with Gasteiger partial charge in [-0.25, -0.2) is 32.7 Å². The molecule has 0 amide bonds. The van der Waals surface area contributed by atoms with Crippen molar-refractivity contribution in [3.63, 3.8) is 0 Å². The van der Waals surface area contributed by atoms with Gasteiger partial charge in [-0.2, -0.15) is 0 Å². The molecule has 140 valence electrons. The Morgan fingerprint density at radius 1 is 1.04 bits per heavy atom. The summed E-state index contributed by atoms with van der Waals surface area (Å²) in [7, 11) is -3.96. The zero-order chi connectivity index (χ0) is 18.4. The van der Waals surface area contributed by atoms with Crippen LogP contribution in [0.25, 0.3) is 0 Å². The van der Waals surface area contributed by atoms with Crippen LogP contribution in [0.4, 0.5) is 0 Å². The Morgan fingerprint density at radius 3 is 2.16 bits per heavy atom. The Balaban J connectivity index is 2.37. The van der Waals surface area contributed by atoms with Gasteiger partial charge in [0.25, 0.3) is 0 Å². The van der Waals surface area contributed by atoms with E-state index < -0.39 is 32.0 Å². The maximum Gasteiger partial charge on any atom is 0.648 e. The van der Waals surface area contributed by atoms with Crippen molar-refractivity contribution < 1.29 is 37.6 Å². The first-order valence-corrected chi connectivity index (χ1v) is 9.75. The first kappa shape index (κ1) is 19.6. The maximum absolute atomic E-state index is 11.9. The lowest BCUT2D eigenvalue weighted by Gasteiger charge is -2.31. The van der Waals surface area contributed by atoms with Crippen molar-refractivity contribution in [2.75, 3.05) is 0 Å². The van der Waals surface area contributed by atoms with Crippen LogP contribution in [0.3, 0.4) is 0 Å². The Kier molecular flexibility index (Phi) is 6.69. The van der Waals surface area contributed by atoms with E-state index in [9.17, 15) is 19.2 Å². The van der Waals surface area contributed by atoms with Crippen LogP contribution in [0, 0.1) is 0 Å². The molecule has 2 N–H and O–H groups in total. The topological polar surface area (TPSA) is 129 Å². The summed E-state index contributed by atoms with van der Waals surface area (Å²) in [5, 5.41) is 2.88. The highest BCUT2D eigenvalue weighted by molar-refractivity contribution is 7.61. The fourth-order valence-electron chi connectivity index (χ4n) is 2.48. The highest BCUT2D eigenvalue weighted by atomic mass is 31.2. The molecule has 2 aliphatic rings. The number of nitrogens with one attached hydrogen (secondary N) is 2. The van der Waals surface area contributed by atoms with Crippen molar-refractivity contribution in [2.45, 2.75) is 64.5 Å². The van der Waals surface area contributed by atoms with E-state index in [1.807, 2.05) is 0 Å². The van der Waals surface area contributed by atoms with Crippen LogP contribution < -0.4 is 10.6 Å². The number of hydrogen-bond acceptors (Lipinski definition) is 10. The van der Waals surface area contributed by atoms with Gasteiger partial charge in [-0.3, -0.25) is 0 Å². The van der Waals surface area contributed by atoms with Crippen molar-refractivity contribution in [1.82, 2.24) is 10.6 Å². The molecule has 0 spiro atoms. The number of rotatable bonds is 4. The number of fused-ring (bicyclic) bond motifs is 1. The minimum Gasteiger partial charge on any atom is -0.361 e. The Bertz CT molecular complexity index is 537. The molecular weight excluding hydrogens is 355 g/mol. The molecule has 2 atom stereocenters. The highest BCUT2D eigenvalue weighted by Gasteiger charge is 2.60. The second-order valence-corrected chi connectivity index (χ2v) is 7.44. The third-order valence-electron chi connectivity index (χ3n) is 3.78. The van der Waals surface area contributed by atoms with E-state index in [-0.39, 0.29) is 24.9 Å². The molecule has 1 aliphatic heterocycles. The summed E-state index contributed by atoms with van der Waals surface area (Å²) in [6, 6.07) is -0.720. The number of hydroxylamine groups is 1. The number of hydrogen-bond donors (Lipinski definition) is 2. The van der Waals surface area contributed by atoms with Crippen LogP contribution in [0.15, 0.2) is 0 Å². The van der Waals surface area contributed by atoms with Gasteiger partial charge >= 0.3 is 32.0 Å². The maximum atomic E-state index is 11.9. The Labute approximate surface area is 145 Å². The third kappa shape index (κ3) is 5.10. The lowest BCUT2D eigenvalue weighted by molar-refractivity contribution is -0.169. The smallest absolute Gasteiger partial charge is 0.361 e. The molecule has 25 heavy (non-hydrogen) atoms. The summed E-state index contributed by atoms with van der Waals surface area (Å²) < 4.78 is 15.4. The molecular formula is C14H22N2O8P+. The summed E-state index contributed by atoms with van der Waals surface area (Å²) in [4.78, 5) is 52.1. The lowest BCUT2D eigenvalue weighted by atomic mass is 9.92. The molecule has 1 aliphatic carbocycles. The second-order valence-electron chi connectivity index (χ2n) is 5.64. The van der Waals surface area contributed by atoms with Gasteiger partial charge in [-0.1, -0.05) is 31.8 Å². The van der Waals surface area contributed by atoms with E-state index in [1.54, 1.807) is 0 Å². The van der Waals surface area contributed by atoms with Crippen LogP contribution in [-0.4, -0.2) is 36.0 Å². The molecule has 1 heterocycles. The molecule has 2 rings (SSSR count). The average molecular weight is 377 g/mol. The molecule has 0 aromatic carbocycles. The van der Waals surface area contributed by atoms with Gasteiger partial charge in [0.05, 0.1) is 12.1 Å². The zero-order valence-electron chi connectivity index (χ0n) is 14.1. The molecule has 0 aromatic heterocycles.